The monoisotopic (exact) mass is 591 g/mol. The summed E-state index contributed by atoms with van der Waals surface area (Å²) in [4.78, 5) is 26.5. The van der Waals surface area contributed by atoms with E-state index in [2.05, 4.69) is 15.8 Å². The summed E-state index contributed by atoms with van der Waals surface area (Å²) < 4.78 is 46.6. The number of hydrogen-bond acceptors (Lipinski definition) is 9. The number of anilines is 4. The number of fused-ring (bicyclic) bond motifs is 2. The number of aliphatic hydroxyl groups is 3. The van der Waals surface area contributed by atoms with Crippen LogP contribution < -0.4 is 20.4 Å². The third-order valence-electron chi connectivity index (χ3n) is 6.50. The number of carbonyl (C=O) groups is 2. The van der Waals surface area contributed by atoms with Crippen molar-refractivity contribution in [2.24, 2.45) is 0 Å². The van der Waals surface area contributed by atoms with Crippen LogP contribution in [0, 0.1) is 5.82 Å². The molecule has 1 aliphatic rings. The minimum absolute atomic E-state index is 0.00639. The van der Waals surface area contributed by atoms with Crippen molar-refractivity contribution in [3.63, 3.8) is 0 Å². The maximum Gasteiger partial charge on any atom is 0.376 e. The molecule has 5 N–H and O–H groups in total. The third kappa shape index (κ3) is 5.13. The first-order valence-electron chi connectivity index (χ1n) is 11.9. The van der Waals surface area contributed by atoms with Crippen molar-refractivity contribution in [2.75, 3.05) is 28.7 Å². The number of hydrogen-bond donors (Lipinski definition) is 5. The number of benzene rings is 3. The van der Waals surface area contributed by atoms with Crippen LogP contribution in [0.3, 0.4) is 0 Å². The van der Waals surface area contributed by atoms with Crippen LogP contribution in [-0.4, -0.2) is 58.9 Å². The van der Waals surface area contributed by atoms with Crippen LogP contribution in [0.1, 0.15) is 27.5 Å². The Morgan fingerprint density at radius 2 is 1.95 bits per heavy atom. The van der Waals surface area contributed by atoms with E-state index >= 15 is 0 Å². The van der Waals surface area contributed by atoms with Crippen LogP contribution in [0.15, 0.2) is 53.1 Å². The lowest BCUT2D eigenvalue weighted by Gasteiger charge is -2.33. The second kappa shape index (κ2) is 10.6. The Bertz CT molecular complexity index is 1660. The van der Waals surface area contributed by atoms with Gasteiger partial charge in [0.1, 0.15) is 5.82 Å². The second-order valence-corrected chi connectivity index (χ2v) is 9.56. The summed E-state index contributed by atoms with van der Waals surface area (Å²) in [6.07, 6.45) is -6.93. The van der Waals surface area contributed by atoms with Crippen LogP contribution in [0.2, 0.25) is 5.02 Å². The van der Waals surface area contributed by atoms with E-state index < -0.39 is 48.1 Å². The molecule has 4 aromatic rings. The lowest BCUT2D eigenvalue weighted by Crippen LogP contribution is -2.49. The van der Waals surface area contributed by atoms with Gasteiger partial charge in [-0.25, -0.2) is 18.1 Å². The minimum Gasteiger partial charge on any atom is -0.367 e. The number of para-hydroxylation sites is 1. The quantitative estimate of drug-likeness (QED) is 0.146. The number of amides is 2. The maximum atomic E-state index is 14.3. The molecule has 2 heterocycles. The molecule has 1 atom stereocenters. The Morgan fingerprint density at radius 1 is 1.22 bits per heavy atom. The Hall–Kier alpha value is -4.37. The van der Waals surface area contributed by atoms with Gasteiger partial charge in [0.15, 0.2) is 11.4 Å². The SMILES string of the molecule is CN(CC(F)F)c1cc(Nc2noc3ccccc23)c2c(c1N(C=O)C(O)(O)O)C(=O)NC2c1cc(F)ccc1Cl. The summed E-state index contributed by atoms with van der Waals surface area (Å²) in [6, 6.07) is 10.2. The molecule has 5 rings (SSSR count). The van der Waals surface area contributed by atoms with E-state index in [4.69, 9.17) is 16.1 Å². The average Bonchev–Trinajstić information content (AvgIpc) is 3.46. The summed E-state index contributed by atoms with van der Waals surface area (Å²) in [7, 11) is 1.21. The van der Waals surface area contributed by atoms with Crippen LogP contribution >= 0.6 is 11.6 Å². The molecule has 214 valence electrons. The maximum absolute atomic E-state index is 14.3. The molecule has 0 bridgehead atoms. The lowest BCUT2D eigenvalue weighted by molar-refractivity contribution is -0.305. The molecule has 1 aromatic heterocycles. The zero-order chi connectivity index (χ0) is 29.6. The van der Waals surface area contributed by atoms with E-state index in [0.717, 1.165) is 17.0 Å². The van der Waals surface area contributed by atoms with Gasteiger partial charge in [-0.15, -0.1) is 0 Å². The summed E-state index contributed by atoms with van der Waals surface area (Å²) in [5.41, 5.74) is -0.758. The van der Waals surface area contributed by atoms with Crippen molar-refractivity contribution in [2.45, 2.75) is 18.6 Å². The number of aromatic nitrogens is 1. The van der Waals surface area contributed by atoms with Gasteiger partial charge in [0.25, 0.3) is 12.3 Å². The van der Waals surface area contributed by atoms with E-state index in [1.54, 1.807) is 24.3 Å². The highest BCUT2D eigenvalue weighted by Gasteiger charge is 2.43. The fraction of sp³-hybridized carbons (Fsp3) is 0.192. The molecular weight excluding hydrogens is 571 g/mol. The second-order valence-electron chi connectivity index (χ2n) is 9.15. The number of rotatable bonds is 9. The van der Waals surface area contributed by atoms with Crippen molar-refractivity contribution in [1.29, 1.82) is 0 Å². The van der Waals surface area contributed by atoms with E-state index in [-0.39, 0.29) is 44.7 Å². The Kier molecular flexibility index (Phi) is 7.25. The smallest absolute Gasteiger partial charge is 0.367 e. The number of nitrogens with one attached hydrogen (secondary N) is 2. The van der Waals surface area contributed by atoms with Gasteiger partial charge in [0.05, 0.1) is 34.9 Å². The number of alkyl halides is 2. The molecular formula is C26H21ClF3N5O6. The van der Waals surface area contributed by atoms with Crippen molar-refractivity contribution >= 4 is 57.8 Å². The topological polar surface area (TPSA) is 151 Å². The van der Waals surface area contributed by atoms with Gasteiger partial charge in [-0.05, 0) is 36.4 Å². The number of carbonyl (C=O) groups excluding carboxylic acids is 2. The molecule has 1 unspecified atom stereocenters. The highest BCUT2D eigenvalue weighted by Crippen LogP contribution is 2.49. The third-order valence-corrected chi connectivity index (χ3v) is 6.85. The van der Waals surface area contributed by atoms with Gasteiger partial charge >= 0.3 is 6.10 Å². The lowest BCUT2D eigenvalue weighted by atomic mass is 9.93. The predicted molar refractivity (Wildman–Crippen MR) is 142 cm³/mol. The predicted octanol–water partition coefficient (Wildman–Crippen LogP) is 3.45. The van der Waals surface area contributed by atoms with Crippen LogP contribution in [0.5, 0.6) is 0 Å². The Labute approximate surface area is 234 Å². The van der Waals surface area contributed by atoms with Crippen LogP contribution in [-0.2, 0) is 4.79 Å². The summed E-state index contributed by atoms with van der Waals surface area (Å²) in [6.45, 7) is -0.916. The molecule has 2 amide bonds. The number of nitrogens with zero attached hydrogens (tertiary/aromatic N) is 3. The Balaban J connectivity index is 1.84. The van der Waals surface area contributed by atoms with Gasteiger partial charge in [0.2, 0.25) is 6.41 Å². The first kappa shape index (κ1) is 28.2. The van der Waals surface area contributed by atoms with Crippen LogP contribution in [0.25, 0.3) is 11.0 Å². The molecule has 0 fully saturated rings. The minimum atomic E-state index is -3.85. The molecule has 11 nitrogen and oxygen atoms in total. The molecule has 0 spiro atoms. The molecule has 41 heavy (non-hydrogen) atoms. The fourth-order valence-corrected chi connectivity index (χ4v) is 4.99. The highest BCUT2D eigenvalue weighted by atomic mass is 35.5. The summed E-state index contributed by atoms with van der Waals surface area (Å²) in [5, 5.41) is 40.2. The molecule has 0 radical (unpaired) electrons. The van der Waals surface area contributed by atoms with Crippen molar-refractivity contribution in [3.05, 3.63) is 76.1 Å². The van der Waals surface area contributed by atoms with Gasteiger partial charge < -0.3 is 35.4 Å². The van der Waals surface area contributed by atoms with E-state index in [1.165, 1.54) is 19.2 Å². The zero-order valence-corrected chi connectivity index (χ0v) is 21.7. The van der Waals surface area contributed by atoms with Gasteiger partial charge in [0, 0.05) is 28.9 Å². The van der Waals surface area contributed by atoms with E-state index in [0.29, 0.717) is 11.0 Å². The van der Waals surface area contributed by atoms with Gasteiger partial charge in [-0.3, -0.25) is 9.59 Å². The van der Waals surface area contributed by atoms with Gasteiger partial charge in [-0.2, -0.15) is 0 Å². The molecule has 0 saturated heterocycles. The summed E-state index contributed by atoms with van der Waals surface area (Å²) in [5.74, 6) is -1.45. The highest BCUT2D eigenvalue weighted by molar-refractivity contribution is 6.31. The summed E-state index contributed by atoms with van der Waals surface area (Å²) >= 11 is 6.36. The molecule has 0 aliphatic carbocycles. The fourth-order valence-electron chi connectivity index (χ4n) is 4.77. The van der Waals surface area contributed by atoms with E-state index in [9.17, 15) is 38.1 Å². The standard InChI is InChI=1S/C26H21ClF3N5O6/c1-34(10-19(29)30)17-9-16(31-24-13-4-2-3-5-18(13)41-33-24)20-21(23(17)35(11-36)26(38,39)40)25(37)32-22(20)14-8-12(28)6-7-15(14)27/h2-9,11,19,22,38-40H,10H2,1H3,(H,31,33)(H,32,37). The molecule has 15 heteroatoms. The normalized spacial score (nSPS) is 14.8. The van der Waals surface area contributed by atoms with Gasteiger partial charge in [-0.1, -0.05) is 28.9 Å². The Morgan fingerprint density at radius 3 is 2.63 bits per heavy atom. The molecule has 0 saturated carbocycles. The first-order valence-corrected chi connectivity index (χ1v) is 12.3. The van der Waals surface area contributed by atoms with Crippen molar-refractivity contribution in [3.8, 4) is 0 Å². The molecule has 1 aliphatic heterocycles. The zero-order valence-electron chi connectivity index (χ0n) is 21.0. The van der Waals surface area contributed by atoms with Crippen LogP contribution in [0.4, 0.5) is 36.1 Å². The largest absolute Gasteiger partial charge is 0.376 e. The van der Waals surface area contributed by atoms with E-state index in [1.807, 2.05) is 0 Å². The average molecular weight is 592 g/mol. The number of halogens is 4. The van der Waals surface area contributed by atoms with Crippen molar-refractivity contribution in [1.82, 2.24) is 10.5 Å². The first-order chi connectivity index (χ1) is 19.4. The van der Waals surface area contributed by atoms with Crippen molar-refractivity contribution < 1.29 is 42.6 Å². The molecule has 3 aromatic carbocycles.